The molecule has 1 heterocycles. The first-order valence-corrected chi connectivity index (χ1v) is 4.70. The average Bonchev–Trinajstić information content (AvgIpc) is 2.19. The first-order valence-electron chi connectivity index (χ1n) is 4.32. The molecule has 2 N–H and O–H groups in total. The predicted octanol–water partition coefficient (Wildman–Crippen LogP) is 1.89. The molecule has 17 heavy (non-hydrogen) atoms. The van der Waals surface area contributed by atoms with Gasteiger partial charge in [0.15, 0.2) is 0 Å². The Morgan fingerprint density at radius 1 is 1.06 bits per heavy atom. The maximum Gasteiger partial charge on any atom is 0.417 e. The van der Waals surface area contributed by atoms with Crippen molar-refractivity contribution in [1.82, 2.24) is 9.97 Å². The monoisotopic (exact) mass is 264 g/mol. The molecule has 0 aliphatic carbocycles. The fraction of sp³-hybridized carbons (Fsp3) is 0.111. The molecule has 4 nitrogen and oxygen atoms in total. The summed E-state index contributed by atoms with van der Waals surface area (Å²) >= 11 is 5.54. The Morgan fingerprint density at radius 3 is 2.24 bits per heavy atom. The van der Waals surface area contributed by atoms with Crippen LogP contribution in [0.3, 0.4) is 0 Å². The van der Waals surface area contributed by atoms with Crippen LogP contribution in [0.15, 0.2) is 21.7 Å². The zero-order valence-electron chi connectivity index (χ0n) is 7.98. The number of fused-ring (bicyclic) bond motifs is 1. The van der Waals surface area contributed by atoms with Crippen LogP contribution in [0.2, 0.25) is 5.02 Å². The zero-order chi connectivity index (χ0) is 12.8. The van der Waals surface area contributed by atoms with Gasteiger partial charge in [-0.05, 0) is 12.1 Å². The Hall–Kier alpha value is -1.76. The lowest BCUT2D eigenvalue weighted by molar-refractivity contribution is -0.137. The van der Waals surface area contributed by atoms with Crippen molar-refractivity contribution in [3.05, 3.63) is 43.4 Å². The minimum Gasteiger partial charge on any atom is -0.316 e. The van der Waals surface area contributed by atoms with Crippen molar-refractivity contribution in [3.63, 3.8) is 0 Å². The number of alkyl halides is 3. The minimum atomic E-state index is -4.63. The van der Waals surface area contributed by atoms with Gasteiger partial charge >= 0.3 is 17.3 Å². The number of aromatic amines is 2. The Labute approximate surface area is 96.0 Å². The van der Waals surface area contributed by atoms with Crippen LogP contribution in [0.1, 0.15) is 5.56 Å². The molecule has 0 saturated carbocycles. The molecule has 0 aliphatic rings. The molecule has 0 spiro atoms. The van der Waals surface area contributed by atoms with Crippen molar-refractivity contribution >= 4 is 22.6 Å². The Bertz CT molecular complexity index is 702. The Morgan fingerprint density at radius 2 is 1.65 bits per heavy atom. The van der Waals surface area contributed by atoms with Crippen LogP contribution in [-0.2, 0) is 6.18 Å². The van der Waals surface area contributed by atoms with E-state index in [0.717, 1.165) is 12.1 Å². The topological polar surface area (TPSA) is 65.7 Å². The van der Waals surface area contributed by atoms with Crippen molar-refractivity contribution in [2.45, 2.75) is 6.18 Å². The van der Waals surface area contributed by atoms with Crippen molar-refractivity contribution in [2.75, 3.05) is 0 Å². The van der Waals surface area contributed by atoms with E-state index in [1.54, 1.807) is 0 Å². The fourth-order valence-corrected chi connectivity index (χ4v) is 1.69. The maximum absolute atomic E-state index is 12.5. The number of hydrogen-bond acceptors (Lipinski definition) is 2. The van der Waals surface area contributed by atoms with E-state index in [0.29, 0.717) is 0 Å². The minimum absolute atomic E-state index is 0.0348. The molecule has 0 amide bonds. The number of halogens is 4. The third kappa shape index (κ3) is 1.93. The van der Waals surface area contributed by atoms with E-state index >= 15 is 0 Å². The fourth-order valence-electron chi connectivity index (χ4n) is 1.37. The molecule has 0 atom stereocenters. The molecular weight excluding hydrogens is 261 g/mol. The highest BCUT2D eigenvalue weighted by Gasteiger charge is 2.34. The van der Waals surface area contributed by atoms with E-state index in [2.05, 4.69) is 4.98 Å². The molecule has 0 bridgehead atoms. The van der Waals surface area contributed by atoms with Gasteiger partial charge in [0, 0.05) is 0 Å². The summed E-state index contributed by atoms with van der Waals surface area (Å²) < 4.78 is 37.5. The highest BCUT2D eigenvalue weighted by molar-refractivity contribution is 6.35. The van der Waals surface area contributed by atoms with Crippen molar-refractivity contribution < 1.29 is 13.2 Å². The maximum atomic E-state index is 12.5. The van der Waals surface area contributed by atoms with Crippen LogP contribution >= 0.6 is 11.6 Å². The van der Waals surface area contributed by atoms with Gasteiger partial charge in [0.05, 0.1) is 21.6 Å². The number of rotatable bonds is 0. The van der Waals surface area contributed by atoms with Gasteiger partial charge in [-0.3, -0.25) is 9.59 Å². The van der Waals surface area contributed by atoms with Crippen LogP contribution in [-0.4, -0.2) is 9.97 Å². The summed E-state index contributed by atoms with van der Waals surface area (Å²) in [6, 6.07) is 1.76. The summed E-state index contributed by atoms with van der Waals surface area (Å²) in [7, 11) is 0. The lowest BCUT2D eigenvalue weighted by atomic mass is 10.2. The lowest BCUT2D eigenvalue weighted by Gasteiger charge is -2.10. The van der Waals surface area contributed by atoms with Crippen LogP contribution < -0.4 is 11.1 Å². The second-order valence-electron chi connectivity index (χ2n) is 3.26. The highest BCUT2D eigenvalue weighted by Crippen LogP contribution is 2.36. The summed E-state index contributed by atoms with van der Waals surface area (Å²) in [6.07, 6.45) is -4.63. The largest absolute Gasteiger partial charge is 0.417 e. The quantitative estimate of drug-likeness (QED) is 0.714. The van der Waals surface area contributed by atoms with Gasteiger partial charge in [-0.25, -0.2) is 0 Å². The molecule has 2 aromatic rings. The third-order valence-corrected chi connectivity index (χ3v) is 2.53. The van der Waals surface area contributed by atoms with Gasteiger partial charge in [-0.2, -0.15) is 13.2 Å². The molecule has 0 fully saturated rings. The predicted molar refractivity (Wildman–Crippen MR) is 55.2 cm³/mol. The van der Waals surface area contributed by atoms with E-state index in [-0.39, 0.29) is 11.0 Å². The van der Waals surface area contributed by atoms with Crippen LogP contribution in [0, 0.1) is 0 Å². The van der Waals surface area contributed by atoms with Gasteiger partial charge in [-0.15, -0.1) is 0 Å². The SMILES string of the molecule is O=c1[nH]c2ccc(C(F)(F)F)c(Cl)c2[nH]c1=O. The summed E-state index contributed by atoms with van der Waals surface area (Å²) in [5, 5.41) is -0.650. The molecule has 0 radical (unpaired) electrons. The standard InChI is InChI=1S/C9H4ClF3N2O2/c10-5-3(9(11,12)13)1-2-4-6(5)15-8(17)7(16)14-4/h1-2H,(H,14,16)(H,15,17). The highest BCUT2D eigenvalue weighted by atomic mass is 35.5. The van der Waals surface area contributed by atoms with Crippen molar-refractivity contribution in [3.8, 4) is 0 Å². The molecule has 0 unspecified atom stereocenters. The van der Waals surface area contributed by atoms with Gasteiger partial charge in [0.25, 0.3) is 0 Å². The first kappa shape index (κ1) is 11.7. The van der Waals surface area contributed by atoms with E-state index < -0.39 is 27.9 Å². The molecule has 1 aromatic heterocycles. The van der Waals surface area contributed by atoms with Crippen molar-refractivity contribution in [2.24, 2.45) is 0 Å². The number of nitrogens with one attached hydrogen (secondary N) is 2. The zero-order valence-corrected chi connectivity index (χ0v) is 8.74. The molecule has 90 valence electrons. The molecule has 0 saturated heterocycles. The van der Waals surface area contributed by atoms with E-state index in [1.807, 2.05) is 4.98 Å². The number of benzene rings is 1. The van der Waals surface area contributed by atoms with Crippen LogP contribution in [0.25, 0.3) is 11.0 Å². The second-order valence-corrected chi connectivity index (χ2v) is 3.63. The smallest absolute Gasteiger partial charge is 0.316 e. The normalized spacial score (nSPS) is 12.0. The number of hydrogen-bond donors (Lipinski definition) is 2. The van der Waals surface area contributed by atoms with Crippen LogP contribution in [0.5, 0.6) is 0 Å². The van der Waals surface area contributed by atoms with Crippen molar-refractivity contribution in [1.29, 1.82) is 0 Å². The molecule has 8 heteroatoms. The van der Waals surface area contributed by atoms with E-state index in [9.17, 15) is 22.8 Å². The van der Waals surface area contributed by atoms with E-state index in [1.165, 1.54) is 0 Å². The number of H-pyrrole nitrogens is 2. The molecule has 2 rings (SSSR count). The summed E-state index contributed by atoms with van der Waals surface area (Å²) in [4.78, 5) is 26.1. The van der Waals surface area contributed by atoms with Crippen LogP contribution in [0.4, 0.5) is 13.2 Å². The lowest BCUT2D eigenvalue weighted by Crippen LogP contribution is -2.29. The summed E-state index contributed by atoms with van der Waals surface area (Å²) in [6.45, 7) is 0. The second kappa shape index (κ2) is 3.63. The molecule has 1 aromatic carbocycles. The number of aromatic nitrogens is 2. The first-order chi connectivity index (χ1) is 7.80. The Balaban J connectivity index is 2.90. The molecular formula is C9H4ClF3N2O2. The summed E-state index contributed by atoms with van der Waals surface area (Å²) in [5.41, 5.74) is -3.29. The third-order valence-electron chi connectivity index (χ3n) is 2.14. The average molecular weight is 265 g/mol. The van der Waals surface area contributed by atoms with Gasteiger partial charge < -0.3 is 9.97 Å². The summed E-state index contributed by atoms with van der Waals surface area (Å²) in [5.74, 6) is 0. The van der Waals surface area contributed by atoms with Gasteiger partial charge in [-0.1, -0.05) is 11.6 Å². The van der Waals surface area contributed by atoms with Gasteiger partial charge in [0.2, 0.25) is 0 Å². The Kier molecular flexibility index (Phi) is 2.50. The van der Waals surface area contributed by atoms with Gasteiger partial charge in [0.1, 0.15) is 0 Å². The molecule has 0 aliphatic heterocycles. The van der Waals surface area contributed by atoms with E-state index in [4.69, 9.17) is 11.6 Å².